The highest BCUT2D eigenvalue weighted by Crippen LogP contribution is 2.12. The van der Waals surface area contributed by atoms with Crippen LogP contribution in [0.2, 0.25) is 0 Å². The number of hydrazone groups is 1. The molecular weight excluding hydrogens is 346 g/mol. The van der Waals surface area contributed by atoms with Crippen molar-refractivity contribution in [1.82, 2.24) is 15.2 Å². The third-order valence-corrected chi connectivity index (χ3v) is 3.91. The summed E-state index contributed by atoms with van der Waals surface area (Å²) in [5, 5.41) is 18.9. The molecule has 0 saturated heterocycles. The van der Waals surface area contributed by atoms with Gasteiger partial charge in [-0.3, -0.25) is 19.6 Å². The standard InChI is InChI=1S/C19H17N5O3/c1-14(16-6-8-18(9-7-16)24(26)27)21-22-19(25)17-5-2-4-15(12-17)13-23-11-3-10-20-23/h2-12H,13H2,1H3,(H,22,25). The van der Waals surface area contributed by atoms with Gasteiger partial charge in [-0.25, -0.2) is 5.43 Å². The largest absolute Gasteiger partial charge is 0.271 e. The lowest BCUT2D eigenvalue weighted by atomic mass is 10.1. The van der Waals surface area contributed by atoms with Gasteiger partial charge in [0.15, 0.2) is 0 Å². The van der Waals surface area contributed by atoms with Crippen LogP contribution in [-0.4, -0.2) is 26.3 Å². The van der Waals surface area contributed by atoms with Gasteiger partial charge in [-0.2, -0.15) is 10.2 Å². The molecule has 2 aromatic carbocycles. The number of aromatic nitrogens is 2. The molecule has 0 atom stereocenters. The molecule has 0 aliphatic carbocycles. The van der Waals surface area contributed by atoms with Crippen LogP contribution in [0, 0.1) is 10.1 Å². The number of rotatable bonds is 6. The molecule has 8 heteroatoms. The minimum atomic E-state index is -0.464. The Bertz CT molecular complexity index is 979. The van der Waals surface area contributed by atoms with E-state index in [2.05, 4.69) is 15.6 Å². The van der Waals surface area contributed by atoms with Gasteiger partial charge in [-0.15, -0.1) is 0 Å². The molecule has 1 heterocycles. The molecule has 136 valence electrons. The lowest BCUT2D eigenvalue weighted by molar-refractivity contribution is -0.384. The fraction of sp³-hybridized carbons (Fsp3) is 0.105. The highest BCUT2D eigenvalue weighted by atomic mass is 16.6. The number of nitro groups is 1. The van der Waals surface area contributed by atoms with Crippen molar-refractivity contribution in [2.24, 2.45) is 5.10 Å². The fourth-order valence-corrected chi connectivity index (χ4v) is 2.48. The van der Waals surface area contributed by atoms with Gasteiger partial charge in [0.1, 0.15) is 0 Å². The monoisotopic (exact) mass is 363 g/mol. The van der Waals surface area contributed by atoms with Gasteiger partial charge < -0.3 is 0 Å². The maximum absolute atomic E-state index is 12.3. The number of hydrogen-bond acceptors (Lipinski definition) is 5. The molecule has 0 saturated carbocycles. The Labute approximate surface area is 155 Å². The van der Waals surface area contributed by atoms with Crippen LogP contribution in [0.1, 0.15) is 28.4 Å². The topological polar surface area (TPSA) is 102 Å². The second-order valence-corrected chi connectivity index (χ2v) is 5.85. The molecule has 1 amide bonds. The first kappa shape index (κ1) is 18.0. The molecule has 3 rings (SSSR count). The van der Waals surface area contributed by atoms with Crippen LogP contribution >= 0.6 is 0 Å². The number of carbonyl (C=O) groups excluding carboxylic acids is 1. The summed E-state index contributed by atoms with van der Waals surface area (Å²) in [7, 11) is 0. The van der Waals surface area contributed by atoms with Crippen LogP contribution in [0.4, 0.5) is 5.69 Å². The van der Waals surface area contributed by atoms with Crippen molar-refractivity contribution in [3.8, 4) is 0 Å². The Balaban J connectivity index is 1.67. The minimum absolute atomic E-state index is 0.00424. The number of nitrogens with zero attached hydrogens (tertiary/aromatic N) is 4. The number of amides is 1. The molecule has 0 fully saturated rings. The van der Waals surface area contributed by atoms with E-state index in [0.29, 0.717) is 23.4 Å². The van der Waals surface area contributed by atoms with Gasteiger partial charge in [-0.05, 0) is 48.4 Å². The number of nitrogens with one attached hydrogen (secondary N) is 1. The van der Waals surface area contributed by atoms with E-state index in [0.717, 1.165) is 5.56 Å². The van der Waals surface area contributed by atoms with Gasteiger partial charge in [-0.1, -0.05) is 12.1 Å². The average molecular weight is 363 g/mol. The molecule has 3 aromatic rings. The first-order valence-corrected chi connectivity index (χ1v) is 8.19. The Kier molecular flexibility index (Phi) is 5.36. The summed E-state index contributed by atoms with van der Waals surface area (Å²) in [5.74, 6) is -0.335. The summed E-state index contributed by atoms with van der Waals surface area (Å²) in [4.78, 5) is 22.6. The van der Waals surface area contributed by atoms with E-state index in [1.165, 1.54) is 12.1 Å². The summed E-state index contributed by atoms with van der Waals surface area (Å²) in [6.45, 7) is 2.29. The number of carbonyl (C=O) groups is 1. The van der Waals surface area contributed by atoms with Crippen LogP contribution < -0.4 is 5.43 Å². The molecule has 8 nitrogen and oxygen atoms in total. The van der Waals surface area contributed by atoms with E-state index in [1.807, 2.05) is 18.3 Å². The van der Waals surface area contributed by atoms with Crippen molar-refractivity contribution < 1.29 is 9.72 Å². The second-order valence-electron chi connectivity index (χ2n) is 5.85. The van der Waals surface area contributed by atoms with Crippen molar-refractivity contribution >= 4 is 17.3 Å². The summed E-state index contributed by atoms with van der Waals surface area (Å²) in [5.41, 5.74) is 5.19. The third-order valence-electron chi connectivity index (χ3n) is 3.91. The van der Waals surface area contributed by atoms with Crippen LogP contribution in [0.5, 0.6) is 0 Å². The van der Waals surface area contributed by atoms with Crippen LogP contribution in [0.15, 0.2) is 72.1 Å². The van der Waals surface area contributed by atoms with E-state index < -0.39 is 4.92 Å². The molecule has 0 radical (unpaired) electrons. The van der Waals surface area contributed by atoms with Crippen molar-refractivity contribution in [3.63, 3.8) is 0 Å². The van der Waals surface area contributed by atoms with E-state index in [-0.39, 0.29) is 11.6 Å². The SMILES string of the molecule is CC(=NNC(=O)c1cccc(Cn2cccn2)c1)c1ccc([N+](=O)[O-])cc1. The van der Waals surface area contributed by atoms with Crippen LogP contribution in [-0.2, 0) is 6.54 Å². The maximum Gasteiger partial charge on any atom is 0.271 e. The Morgan fingerprint density at radius 1 is 1.19 bits per heavy atom. The van der Waals surface area contributed by atoms with Gasteiger partial charge in [0, 0.05) is 30.1 Å². The number of benzene rings is 2. The molecule has 1 N–H and O–H groups in total. The lowest BCUT2D eigenvalue weighted by Crippen LogP contribution is -2.19. The predicted molar refractivity (Wildman–Crippen MR) is 101 cm³/mol. The van der Waals surface area contributed by atoms with Gasteiger partial charge in [0.25, 0.3) is 11.6 Å². The first-order chi connectivity index (χ1) is 13.0. The summed E-state index contributed by atoms with van der Waals surface area (Å²) in [6, 6.07) is 15.0. The molecule has 0 unspecified atom stereocenters. The van der Waals surface area contributed by atoms with Crippen LogP contribution in [0.25, 0.3) is 0 Å². The van der Waals surface area contributed by atoms with Gasteiger partial charge in [0.05, 0.1) is 17.2 Å². The maximum atomic E-state index is 12.3. The zero-order valence-electron chi connectivity index (χ0n) is 14.6. The fourth-order valence-electron chi connectivity index (χ4n) is 2.48. The third kappa shape index (κ3) is 4.63. The molecule has 0 spiro atoms. The number of hydrogen-bond donors (Lipinski definition) is 1. The van der Waals surface area contributed by atoms with Crippen LogP contribution in [0.3, 0.4) is 0 Å². The summed E-state index contributed by atoms with van der Waals surface area (Å²) < 4.78 is 1.77. The molecule has 27 heavy (non-hydrogen) atoms. The van der Waals surface area contributed by atoms with E-state index in [4.69, 9.17) is 0 Å². The Morgan fingerprint density at radius 3 is 2.63 bits per heavy atom. The first-order valence-electron chi connectivity index (χ1n) is 8.19. The highest BCUT2D eigenvalue weighted by molar-refractivity contribution is 6.01. The van der Waals surface area contributed by atoms with Crippen molar-refractivity contribution in [2.45, 2.75) is 13.5 Å². The molecule has 0 aliphatic rings. The van der Waals surface area contributed by atoms with Gasteiger partial charge >= 0.3 is 0 Å². The molecule has 0 aliphatic heterocycles. The van der Waals surface area contributed by atoms with Gasteiger partial charge in [0.2, 0.25) is 0 Å². The number of nitro benzene ring substituents is 1. The zero-order chi connectivity index (χ0) is 19.2. The lowest BCUT2D eigenvalue weighted by Gasteiger charge is -2.06. The number of non-ortho nitro benzene ring substituents is 1. The molecular formula is C19H17N5O3. The van der Waals surface area contributed by atoms with Crippen molar-refractivity contribution in [1.29, 1.82) is 0 Å². The minimum Gasteiger partial charge on any atom is -0.268 e. The molecule has 0 bridgehead atoms. The zero-order valence-corrected chi connectivity index (χ0v) is 14.6. The summed E-state index contributed by atoms with van der Waals surface area (Å²) >= 11 is 0. The van der Waals surface area contributed by atoms with E-state index >= 15 is 0 Å². The smallest absolute Gasteiger partial charge is 0.268 e. The molecule has 1 aromatic heterocycles. The van der Waals surface area contributed by atoms with Crippen molar-refractivity contribution in [2.75, 3.05) is 0 Å². The van der Waals surface area contributed by atoms with E-state index in [1.54, 1.807) is 48.1 Å². The second kappa shape index (κ2) is 8.05. The predicted octanol–water partition coefficient (Wildman–Crippen LogP) is 2.99. The average Bonchev–Trinajstić information content (AvgIpc) is 3.19. The quantitative estimate of drug-likeness (QED) is 0.413. The summed E-state index contributed by atoms with van der Waals surface area (Å²) in [6.07, 6.45) is 3.55. The normalized spacial score (nSPS) is 11.2. The van der Waals surface area contributed by atoms with Crippen molar-refractivity contribution in [3.05, 3.63) is 93.8 Å². The van der Waals surface area contributed by atoms with E-state index in [9.17, 15) is 14.9 Å². The highest BCUT2D eigenvalue weighted by Gasteiger charge is 2.08. The Morgan fingerprint density at radius 2 is 1.96 bits per heavy atom. The Hall–Kier alpha value is -3.81.